The summed E-state index contributed by atoms with van der Waals surface area (Å²) in [5.41, 5.74) is 5.58. The highest BCUT2D eigenvalue weighted by Gasteiger charge is 2.26. The molecule has 1 rings (SSSR count). The zero-order valence-corrected chi connectivity index (χ0v) is 13.6. The third kappa shape index (κ3) is 5.54. The minimum atomic E-state index is -0.938. The zero-order valence-electron chi connectivity index (χ0n) is 13.6. The van der Waals surface area contributed by atoms with Gasteiger partial charge in [0.15, 0.2) is 0 Å². The van der Waals surface area contributed by atoms with Gasteiger partial charge in [-0.25, -0.2) is 4.79 Å². The molecule has 1 amide bonds. The number of amides is 1. The Morgan fingerprint density at radius 2 is 2.00 bits per heavy atom. The van der Waals surface area contributed by atoms with Crippen molar-refractivity contribution >= 4 is 6.09 Å². The van der Waals surface area contributed by atoms with Gasteiger partial charge >= 0.3 is 6.09 Å². The van der Waals surface area contributed by atoms with Crippen molar-refractivity contribution in [2.24, 2.45) is 5.73 Å². The maximum atomic E-state index is 11.9. The molecule has 2 atom stereocenters. The molecule has 0 saturated carbocycles. The average molecular weight is 310 g/mol. The van der Waals surface area contributed by atoms with Crippen LogP contribution < -0.4 is 15.8 Å². The van der Waals surface area contributed by atoms with Gasteiger partial charge in [0.05, 0.1) is 13.2 Å². The van der Waals surface area contributed by atoms with Crippen LogP contribution in [0.3, 0.4) is 0 Å². The Bertz CT molecular complexity index is 485. The van der Waals surface area contributed by atoms with Crippen LogP contribution >= 0.6 is 0 Å². The topological polar surface area (TPSA) is 93.8 Å². The molecule has 6 heteroatoms. The SMILES string of the molecule is COc1ccccc1C(O)C(CCN)NC(=O)OC(C)(C)C. The number of nitrogens with two attached hydrogens (primary N) is 1. The van der Waals surface area contributed by atoms with Gasteiger partial charge in [0.25, 0.3) is 0 Å². The van der Waals surface area contributed by atoms with E-state index >= 15 is 0 Å². The molecular weight excluding hydrogens is 284 g/mol. The summed E-state index contributed by atoms with van der Waals surface area (Å²) >= 11 is 0. The second-order valence-electron chi connectivity index (χ2n) is 6.02. The molecule has 1 aromatic rings. The first-order chi connectivity index (χ1) is 10.3. The molecule has 0 spiro atoms. The highest BCUT2D eigenvalue weighted by molar-refractivity contribution is 5.68. The third-order valence-electron chi connectivity index (χ3n) is 3.02. The van der Waals surface area contributed by atoms with E-state index in [2.05, 4.69) is 5.32 Å². The summed E-state index contributed by atoms with van der Waals surface area (Å²) in [5.74, 6) is 0.558. The van der Waals surface area contributed by atoms with Crippen molar-refractivity contribution in [1.82, 2.24) is 5.32 Å². The molecule has 0 heterocycles. The van der Waals surface area contributed by atoms with Crippen LogP contribution in [0.25, 0.3) is 0 Å². The summed E-state index contributed by atoms with van der Waals surface area (Å²) in [7, 11) is 1.53. The first-order valence-corrected chi connectivity index (χ1v) is 7.29. The van der Waals surface area contributed by atoms with Gasteiger partial charge in [0, 0.05) is 5.56 Å². The fourth-order valence-electron chi connectivity index (χ4n) is 2.07. The maximum Gasteiger partial charge on any atom is 0.407 e. The second-order valence-corrected chi connectivity index (χ2v) is 6.02. The monoisotopic (exact) mass is 310 g/mol. The number of benzene rings is 1. The van der Waals surface area contributed by atoms with Gasteiger partial charge in [0.2, 0.25) is 0 Å². The Balaban J connectivity index is 2.87. The largest absolute Gasteiger partial charge is 0.496 e. The molecule has 0 aliphatic rings. The lowest BCUT2D eigenvalue weighted by Crippen LogP contribution is -2.43. The number of para-hydroxylation sites is 1. The smallest absolute Gasteiger partial charge is 0.407 e. The van der Waals surface area contributed by atoms with E-state index in [9.17, 15) is 9.90 Å². The highest BCUT2D eigenvalue weighted by Crippen LogP contribution is 2.28. The van der Waals surface area contributed by atoms with Crippen LogP contribution in [0.4, 0.5) is 4.79 Å². The third-order valence-corrected chi connectivity index (χ3v) is 3.02. The van der Waals surface area contributed by atoms with Crippen molar-refractivity contribution in [3.63, 3.8) is 0 Å². The van der Waals surface area contributed by atoms with E-state index in [0.29, 0.717) is 24.3 Å². The number of rotatable bonds is 6. The molecule has 22 heavy (non-hydrogen) atoms. The van der Waals surface area contributed by atoms with Crippen molar-refractivity contribution in [2.75, 3.05) is 13.7 Å². The van der Waals surface area contributed by atoms with Gasteiger partial charge in [-0.05, 0) is 39.8 Å². The van der Waals surface area contributed by atoms with Crippen LogP contribution in [0.15, 0.2) is 24.3 Å². The Kier molecular flexibility index (Phi) is 6.64. The number of methoxy groups -OCH3 is 1. The van der Waals surface area contributed by atoms with Crippen LogP contribution in [0, 0.1) is 0 Å². The molecule has 0 aliphatic heterocycles. The molecule has 6 nitrogen and oxygen atoms in total. The van der Waals surface area contributed by atoms with Gasteiger partial charge in [-0.15, -0.1) is 0 Å². The van der Waals surface area contributed by atoms with E-state index in [1.165, 1.54) is 7.11 Å². The van der Waals surface area contributed by atoms with E-state index in [1.54, 1.807) is 39.0 Å². The standard InChI is InChI=1S/C16H26N2O4/c1-16(2,3)22-15(20)18-12(9-10-17)14(19)11-7-5-6-8-13(11)21-4/h5-8,12,14,19H,9-10,17H2,1-4H3,(H,18,20). The van der Waals surface area contributed by atoms with Crippen molar-refractivity contribution in [1.29, 1.82) is 0 Å². The molecule has 0 aliphatic carbocycles. The average Bonchev–Trinajstić information content (AvgIpc) is 2.44. The van der Waals surface area contributed by atoms with Crippen LogP contribution in [0.5, 0.6) is 5.75 Å². The molecule has 0 radical (unpaired) electrons. The van der Waals surface area contributed by atoms with E-state index in [1.807, 2.05) is 6.07 Å². The van der Waals surface area contributed by atoms with Gasteiger partial charge in [-0.2, -0.15) is 0 Å². The van der Waals surface area contributed by atoms with Crippen LogP contribution in [-0.4, -0.2) is 36.5 Å². The Labute approximate surface area is 131 Å². The maximum absolute atomic E-state index is 11.9. The molecule has 1 aromatic carbocycles. The first kappa shape index (κ1) is 18.3. The zero-order chi connectivity index (χ0) is 16.8. The summed E-state index contributed by atoms with van der Waals surface area (Å²) in [4.78, 5) is 11.9. The number of carbonyl (C=O) groups excluding carboxylic acids is 1. The van der Waals surface area contributed by atoms with E-state index in [-0.39, 0.29) is 0 Å². The Hall–Kier alpha value is -1.79. The van der Waals surface area contributed by atoms with E-state index < -0.39 is 23.8 Å². The Morgan fingerprint density at radius 3 is 2.55 bits per heavy atom. The number of nitrogens with one attached hydrogen (secondary N) is 1. The molecule has 2 unspecified atom stereocenters. The lowest BCUT2D eigenvalue weighted by Gasteiger charge is -2.27. The fourth-order valence-corrected chi connectivity index (χ4v) is 2.07. The summed E-state index contributed by atoms with van der Waals surface area (Å²) in [6, 6.07) is 6.56. The van der Waals surface area contributed by atoms with Crippen LogP contribution in [-0.2, 0) is 4.74 Å². The molecule has 0 fully saturated rings. The van der Waals surface area contributed by atoms with Crippen molar-refractivity contribution in [3.8, 4) is 5.75 Å². The number of carbonyl (C=O) groups is 1. The number of alkyl carbamates (subject to hydrolysis) is 1. The van der Waals surface area contributed by atoms with Crippen LogP contribution in [0.2, 0.25) is 0 Å². The minimum absolute atomic E-state index is 0.326. The quantitative estimate of drug-likeness (QED) is 0.747. The molecule has 0 saturated heterocycles. The van der Waals surface area contributed by atoms with Gasteiger partial charge in [-0.3, -0.25) is 0 Å². The predicted octanol–water partition coefficient (Wildman–Crippen LogP) is 1.97. The van der Waals surface area contributed by atoms with E-state index in [4.69, 9.17) is 15.2 Å². The highest BCUT2D eigenvalue weighted by atomic mass is 16.6. The molecule has 0 aromatic heterocycles. The lowest BCUT2D eigenvalue weighted by molar-refractivity contribution is 0.0413. The number of aliphatic hydroxyl groups is 1. The van der Waals surface area contributed by atoms with Gasteiger partial charge in [-0.1, -0.05) is 18.2 Å². The first-order valence-electron chi connectivity index (χ1n) is 7.29. The normalized spacial score (nSPS) is 14.1. The van der Waals surface area contributed by atoms with Gasteiger partial charge in [0.1, 0.15) is 17.5 Å². The number of hydrogen-bond donors (Lipinski definition) is 3. The summed E-state index contributed by atoms with van der Waals surface area (Å²) in [6.07, 6.45) is -1.11. The Morgan fingerprint density at radius 1 is 1.36 bits per heavy atom. The molecule has 0 bridgehead atoms. The van der Waals surface area contributed by atoms with Crippen molar-refractivity contribution in [2.45, 2.75) is 44.9 Å². The van der Waals surface area contributed by atoms with Crippen molar-refractivity contribution in [3.05, 3.63) is 29.8 Å². The van der Waals surface area contributed by atoms with E-state index in [0.717, 1.165) is 0 Å². The van der Waals surface area contributed by atoms with Crippen molar-refractivity contribution < 1.29 is 19.4 Å². The second kappa shape index (κ2) is 8.00. The number of hydrogen-bond acceptors (Lipinski definition) is 5. The minimum Gasteiger partial charge on any atom is -0.496 e. The van der Waals surface area contributed by atoms with Gasteiger partial charge < -0.3 is 25.6 Å². The lowest BCUT2D eigenvalue weighted by atomic mass is 9.99. The summed E-state index contributed by atoms with van der Waals surface area (Å²) < 4.78 is 10.5. The molecule has 124 valence electrons. The molecular formula is C16H26N2O4. The van der Waals surface area contributed by atoms with Crippen LogP contribution in [0.1, 0.15) is 38.9 Å². The summed E-state index contributed by atoms with van der Waals surface area (Å²) in [5, 5.41) is 13.2. The molecule has 4 N–H and O–H groups in total. The number of ether oxygens (including phenoxy) is 2. The predicted molar refractivity (Wildman–Crippen MR) is 84.8 cm³/mol. The summed E-state index contributed by atoms with van der Waals surface area (Å²) in [6.45, 7) is 5.66. The number of aliphatic hydroxyl groups excluding tert-OH is 1. The fraction of sp³-hybridized carbons (Fsp3) is 0.562.